The van der Waals surface area contributed by atoms with Crippen LogP contribution in [0.5, 0.6) is 5.75 Å². The van der Waals surface area contributed by atoms with Gasteiger partial charge in [0.1, 0.15) is 5.75 Å². The molecule has 3 rings (SSSR count). The van der Waals surface area contributed by atoms with Gasteiger partial charge in [-0.05, 0) is 36.6 Å². The van der Waals surface area contributed by atoms with E-state index in [2.05, 4.69) is 10.6 Å². The number of amides is 1. The van der Waals surface area contributed by atoms with E-state index in [1.54, 1.807) is 22.5 Å². The monoisotopic (exact) mass is 431 g/mol. The predicted molar refractivity (Wildman–Crippen MR) is 117 cm³/mol. The normalized spacial score (nSPS) is 15.2. The molecule has 1 amide bonds. The minimum absolute atomic E-state index is 0.0103. The van der Waals surface area contributed by atoms with E-state index in [4.69, 9.17) is 4.74 Å². The number of rotatable bonds is 8. The standard InChI is InChI=1S/C22H29N3O4S/c1-29-21-12-11-19(30(27,28)25-13-7-2-3-8-14-25)15-20(21)23-17-22(26)24-16-18-9-5-4-6-10-18/h4-6,9-12,15,23H,2-3,7-8,13-14,16-17H2,1H3,(H,24,26). The molecule has 2 aromatic rings. The molecule has 162 valence electrons. The Morgan fingerprint density at radius 1 is 1.03 bits per heavy atom. The second-order valence-corrected chi connectivity index (χ2v) is 9.23. The number of anilines is 1. The van der Waals surface area contributed by atoms with Gasteiger partial charge in [-0.2, -0.15) is 4.31 Å². The first-order chi connectivity index (χ1) is 14.5. The van der Waals surface area contributed by atoms with Crippen LogP contribution in [-0.4, -0.2) is 45.4 Å². The number of nitrogens with zero attached hydrogens (tertiary/aromatic N) is 1. The van der Waals surface area contributed by atoms with Crippen LogP contribution >= 0.6 is 0 Å². The fraction of sp³-hybridized carbons (Fsp3) is 0.409. The SMILES string of the molecule is COc1ccc(S(=O)(=O)N2CCCCCC2)cc1NCC(=O)NCc1ccccc1. The zero-order chi connectivity index (χ0) is 21.4. The highest BCUT2D eigenvalue weighted by atomic mass is 32.2. The van der Waals surface area contributed by atoms with Crippen LogP contribution in [0, 0.1) is 0 Å². The molecule has 0 saturated carbocycles. The lowest BCUT2D eigenvalue weighted by molar-refractivity contribution is -0.119. The van der Waals surface area contributed by atoms with Gasteiger partial charge in [0.2, 0.25) is 15.9 Å². The van der Waals surface area contributed by atoms with E-state index in [1.807, 2.05) is 30.3 Å². The van der Waals surface area contributed by atoms with Crippen molar-refractivity contribution in [3.05, 3.63) is 54.1 Å². The Morgan fingerprint density at radius 3 is 2.40 bits per heavy atom. The summed E-state index contributed by atoms with van der Waals surface area (Å²) in [5, 5.41) is 5.85. The summed E-state index contributed by atoms with van der Waals surface area (Å²) < 4.78 is 33.0. The topological polar surface area (TPSA) is 87.7 Å². The minimum atomic E-state index is -3.58. The molecule has 1 heterocycles. The van der Waals surface area contributed by atoms with Crippen molar-refractivity contribution in [3.8, 4) is 5.75 Å². The lowest BCUT2D eigenvalue weighted by Gasteiger charge is -2.21. The number of carbonyl (C=O) groups is 1. The molecule has 8 heteroatoms. The first-order valence-electron chi connectivity index (χ1n) is 10.2. The van der Waals surface area contributed by atoms with E-state index in [9.17, 15) is 13.2 Å². The average molecular weight is 432 g/mol. The van der Waals surface area contributed by atoms with Gasteiger partial charge in [-0.3, -0.25) is 4.79 Å². The third kappa shape index (κ3) is 5.73. The third-order valence-electron chi connectivity index (χ3n) is 5.15. The molecule has 0 aromatic heterocycles. The number of nitrogens with one attached hydrogen (secondary N) is 2. The Hall–Kier alpha value is -2.58. The first-order valence-corrected chi connectivity index (χ1v) is 11.7. The lowest BCUT2D eigenvalue weighted by atomic mass is 10.2. The lowest BCUT2D eigenvalue weighted by Crippen LogP contribution is -2.32. The second-order valence-electron chi connectivity index (χ2n) is 7.30. The summed E-state index contributed by atoms with van der Waals surface area (Å²) in [7, 11) is -2.07. The molecule has 0 spiro atoms. The van der Waals surface area contributed by atoms with Crippen molar-refractivity contribution in [2.45, 2.75) is 37.1 Å². The largest absolute Gasteiger partial charge is 0.495 e. The van der Waals surface area contributed by atoms with E-state index in [0.29, 0.717) is 31.1 Å². The van der Waals surface area contributed by atoms with Gasteiger partial charge < -0.3 is 15.4 Å². The van der Waals surface area contributed by atoms with Gasteiger partial charge in [0.05, 0.1) is 24.2 Å². The quantitative estimate of drug-likeness (QED) is 0.671. The van der Waals surface area contributed by atoms with Crippen molar-refractivity contribution >= 4 is 21.6 Å². The number of ether oxygens (including phenoxy) is 1. The average Bonchev–Trinajstić information content (AvgIpc) is 3.07. The maximum absolute atomic E-state index is 13.1. The van der Waals surface area contributed by atoms with Gasteiger partial charge in [0.25, 0.3) is 0 Å². The van der Waals surface area contributed by atoms with Gasteiger partial charge in [-0.1, -0.05) is 43.2 Å². The second kappa shape index (κ2) is 10.4. The van der Waals surface area contributed by atoms with Gasteiger partial charge in [0.15, 0.2) is 0 Å². The van der Waals surface area contributed by atoms with Crippen LogP contribution in [0.1, 0.15) is 31.2 Å². The molecule has 7 nitrogen and oxygen atoms in total. The molecular weight excluding hydrogens is 402 g/mol. The highest BCUT2D eigenvalue weighted by Gasteiger charge is 2.26. The van der Waals surface area contributed by atoms with Crippen molar-refractivity contribution in [1.82, 2.24) is 9.62 Å². The Balaban J connectivity index is 1.67. The molecule has 0 unspecified atom stereocenters. The Kier molecular flexibility index (Phi) is 7.70. The summed E-state index contributed by atoms with van der Waals surface area (Å²) in [5.41, 5.74) is 1.48. The number of carbonyl (C=O) groups excluding carboxylic acids is 1. The molecule has 0 radical (unpaired) electrons. The molecule has 1 aliphatic rings. The van der Waals surface area contributed by atoms with Gasteiger partial charge in [-0.15, -0.1) is 0 Å². The summed E-state index contributed by atoms with van der Waals surface area (Å²) >= 11 is 0. The minimum Gasteiger partial charge on any atom is -0.495 e. The molecule has 0 bridgehead atoms. The van der Waals surface area contributed by atoms with Crippen LogP contribution in [-0.2, 0) is 21.4 Å². The van der Waals surface area contributed by atoms with E-state index < -0.39 is 10.0 Å². The molecule has 30 heavy (non-hydrogen) atoms. The highest BCUT2D eigenvalue weighted by molar-refractivity contribution is 7.89. The van der Waals surface area contributed by atoms with Crippen molar-refractivity contribution in [3.63, 3.8) is 0 Å². The maximum atomic E-state index is 13.1. The summed E-state index contributed by atoms with van der Waals surface area (Å²) in [5.74, 6) is 0.294. The van der Waals surface area contributed by atoms with Gasteiger partial charge in [0, 0.05) is 19.6 Å². The molecular formula is C22H29N3O4S. The molecule has 1 fully saturated rings. The zero-order valence-corrected chi connectivity index (χ0v) is 18.1. The Morgan fingerprint density at radius 2 is 1.73 bits per heavy atom. The van der Waals surface area contributed by atoms with E-state index in [-0.39, 0.29) is 17.3 Å². The number of hydrogen-bond acceptors (Lipinski definition) is 5. The number of sulfonamides is 1. The highest BCUT2D eigenvalue weighted by Crippen LogP contribution is 2.29. The van der Waals surface area contributed by atoms with Crippen molar-refractivity contribution in [1.29, 1.82) is 0 Å². The maximum Gasteiger partial charge on any atom is 0.243 e. The van der Waals surface area contributed by atoms with Crippen LogP contribution in [0.15, 0.2) is 53.4 Å². The van der Waals surface area contributed by atoms with Crippen LogP contribution in [0.2, 0.25) is 0 Å². The Bertz CT molecular complexity index is 940. The Labute approximate surface area is 178 Å². The fourth-order valence-corrected chi connectivity index (χ4v) is 5.00. The number of hydrogen-bond donors (Lipinski definition) is 2. The molecule has 0 aliphatic carbocycles. The van der Waals surface area contributed by atoms with Crippen LogP contribution < -0.4 is 15.4 Å². The molecule has 1 saturated heterocycles. The summed E-state index contributed by atoms with van der Waals surface area (Å²) in [4.78, 5) is 12.4. The van der Waals surface area contributed by atoms with Crippen molar-refractivity contribution in [2.75, 3.05) is 32.1 Å². The summed E-state index contributed by atoms with van der Waals surface area (Å²) in [6.07, 6.45) is 3.86. The fourth-order valence-electron chi connectivity index (χ4n) is 3.45. The van der Waals surface area contributed by atoms with E-state index in [0.717, 1.165) is 31.2 Å². The van der Waals surface area contributed by atoms with Crippen LogP contribution in [0.4, 0.5) is 5.69 Å². The van der Waals surface area contributed by atoms with Crippen molar-refractivity contribution in [2.24, 2.45) is 0 Å². The van der Waals surface area contributed by atoms with Crippen LogP contribution in [0.3, 0.4) is 0 Å². The zero-order valence-electron chi connectivity index (χ0n) is 17.3. The number of methoxy groups -OCH3 is 1. The predicted octanol–water partition coefficient (Wildman–Crippen LogP) is 2.99. The van der Waals surface area contributed by atoms with Crippen molar-refractivity contribution < 1.29 is 17.9 Å². The van der Waals surface area contributed by atoms with Gasteiger partial charge >= 0.3 is 0 Å². The van der Waals surface area contributed by atoms with Crippen LogP contribution in [0.25, 0.3) is 0 Å². The van der Waals surface area contributed by atoms with E-state index >= 15 is 0 Å². The first kappa shape index (κ1) is 22.1. The summed E-state index contributed by atoms with van der Waals surface area (Å²) in [6.45, 7) is 1.52. The summed E-state index contributed by atoms with van der Waals surface area (Å²) in [6, 6.07) is 14.4. The number of benzene rings is 2. The van der Waals surface area contributed by atoms with Gasteiger partial charge in [-0.25, -0.2) is 8.42 Å². The molecule has 1 aliphatic heterocycles. The molecule has 2 aromatic carbocycles. The van der Waals surface area contributed by atoms with E-state index in [1.165, 1.54) is 7.11 Å². The molecule has 0 atom stereocenters. The molecule has 2 N–H and O–H groups in total. The smallest absolute Gasteiger partial charge is 0.243 e. The third-order valence-corrected chi connectivity index (χ3v) is 7.04.